The Morgan fingerprint density at radius 3 is 2.90 bits per heavy atom. The zero-order chi connectivity index (χ0) is 14.8. The van der Waals surface area contributed by atoms with Crippen LogP contribution < -0.4 is 5.73 Å². The molecule has 3 nitrogen and oxygen atoms in total. The lowest BCUT2D eigenvalue weighted by Gasteiger charge is -2.46. The molecule has 0 radical (unpaired) electrons. The fourth-order valence-corrected chi connectivity index (χ4v) is 4.08. The number of hydrogen-bond acceptors (Lipinski definition) is 3. The Kier molecular flexibility index (Phi) is 4.94. The van der Waals surface area contributed by atoms with Crippen molar-refractivity contribution in [1.29, 1.82) is 0 Å². The summed E-state index contributed by atoms with van der Waals surface area (Å²) in [4.78, 5) is 5.10. The maximum Gasteiger partial charge on any atom is 0.137 e. The van der Waals surface area contributed by atoms with Crippen molar-refractivity contribution >= 4 is 15.9 Å². The Labute approximate surface area is 134 Å². The largest absolute Gasteiger partial charge is 0.329 e. The lowest BCUT2D eigenvalue weighted by molar-refractivity contribution is 0.0286. The molecule has 0 amide bonds. The molecule has 0 aliphatic carbocycles. The number of rotatable bonds is 3. The lowest BCUT2D eigenvalue weighted by atomic mass is 9.97. The molecule has 0 aromatic heterocycles. The zero-order valence-corrected chi connectivity index (χ0v) is 13.9. The van der Waals surface area contributed by atoms with Gasteiger partial charge in [0.05, 0.1) is 4.47 Å². The van der Waals surface area contributed by atoms with Gasteiger partial charge >= 0.3 is 0 Å². The van der Waals surface area contributed by atoms with Gasteiger partial charge in [0, 0.05) is 38.3 Å². The summed E-state index contributed by atoms with van der Waals surface area (Å²) < 4.78 is 14.0. The van der Waals surface area contributed by atoms with Crippen LogP contribution in [0.3, 0.4) is 0 Å². The highest BCUT2D eigenvalue weighted by Crippen LogP contribution is 2.29. The molecule has 21 heavy (non-hydrogen) atoms. The minimum atomic E-state index is -0.216. The number of piperazine rings is 1. The second kappa shape index (κ2) is 6.73. The van der Waals surface area contributed by atoms with Gasteiger partial charge in [0.2, 0.25) is 0 Å². The van der Waals surface area contributed by atoms with Crippen molar-refractivity contribution in [3.05, 3.63) is 34.1 Å². The highest BCUT2D eigenvalue weighted by Gasteiger charge is 2.32. The minimum Gasteiger partial charge on any atom is -0.329 e. The summed E-state index contributed by atoms with van der Waals surface area (Å²) in [5.74, 6) is -0.216. The van der Waals surface area contributed by atoms with Gasteiger partial charge in [0.1, 0.15) is 5.82 Å². The van der Waals surface area contributed by atoms with Gasteiger partial charge < -0.3 is 5.73 Å². The molecule has 0 bridgehead atoms. The van der Waals surface area contributed by atoms with Crippen LogP contribution in [0.4, 0.5) is 4.39 Å². The van der Waals surface area contributed by atoms with E-state index in [1.54, 1.807) is 0 Å². The topological polar surface area (TPSA) is 32.5 Å². The van der Waals surface area contributed by atoms with Crippen molar-refractivity contribution in [2.75, 3.05) is 32.7 Å². The van der Waals surface area contributed by atoms with E-state index in [4.69, 9.17) is 5.73 Å². The number of halogens is 2. The molecule has 2 fully saturated rings. The fourth-order valence-electron chi connectivity index (χ4n) is 3.68. The first-order valence-electron chi connectivity index (χ1n) is 7.82. The molecule has 0 spiro atoms. The zero-order valence-electron chi connectivity index (χ0n) is 12.3. The van der Waals surface area contributed by atoms with Crippen LogP contribution in [0.25, 0.3) is 0 Å². The fraction of sp³-hybridized carbons (Fsp3) is 0.625. The molecule has 116 valence electrons. The maximum absolute atomic E-state index is 13.4. The van der Waals surface area contributed by atoms with Crippen molar-refractivity contribution < 1.29 is 4.39 Å². The quantitative estimate of drug-likeness (QED) is 0.904. The highest BCUT2D eigenvalue weighted by molar-refractivity contribution is 9.10. The van der Waals surface area contributed by atoms with E-state index in [2.05, 4.69) is 25.7 Å². The second-order valence-corrected chi connectivity index (χ2v) is 6.96. The van der Waals surface area contributed by atoms with E-state index in [9.17, 15) is 4.39 Å². The Morgan fingerprint density at radius 1 is 1.29 bits per heavy atom. The van der Waals surface area contributed by atoms with Crippen molar-refractivity contribution in [3.63, 3.8) is 0 Å². The number of piperidine rings is 1. The van der Waals surface area contributed by atoms with Crippen LogP contribution in [0.1, 0.15) is 30.9 Å². The Bertz CT molecular complexity index is 496. The third-order valence-corrected chi connectivity index (χ3v) is 5.47. The van der Waals surface area contributed by atoms with Gasteiger partial charge in [-0.15, -0.1) is 0 Å². The molecule has 1 aromatic carbocycles. The van der Waals surface area contributed by atoms with Crippen LogP contribution in [0.5, 0.6) is 0 Å². The third-order valence-electron chi connectivity index (χ3n) is 4.86. The molecular weight excluding hydrogens is 333 g/mol. The molecule has 5 heteroatoms. The molecule has 2 unspecified atom stereocenters. The summed E-state index contributed by atoms with van der Waals surface area (Å²) in [7, 11) is 0. The van der Waals surface area contributed by atoms with E-state index < -0.39 is 0 Å². The van der Waals surface area contributed by atoms with Crippen LogP contribution >= 0.6 is 15.9 Å². The summed E-state index contributed by atoms with van der Waals surface area (Å²) >= 11 is 3.28. The van der Waals surface area contributed by atoms with E-state index in [0.29, 0.717) is 17.1 Å². The van der Waals surface area contributed by atoms with Gasteiger partial charge in [-0.2, -0.15) is 0 Å². The summed E-state index contributed by atoms with van der Waals surface area (Å²) in [6, 6.07) is 6.13. The molecule has 2 aliphatic heterocycles. The van der Waals surface area contributed by atoms with Crippen LogP contribution in [-0.4, -0.2) is 48.6 Å². The van der Waals surface area contributed by atoms with Gasteiger partial charge in [-0.25, -0.2) is 4.39 Å². The normalized spacial score (nSPS) is 25.6. The number of fused-ring (bicyclic) bond motifs is 1. The van der Waals surface area contributed by atoms with Gasteiger partial charge in [-0.05, 0) is 53.0 Å². The molecule has 2 saturated heterocycles. The Morgan fingerprint density at radius 2 is 2.14 bits per heavy atom. The molecule has 2 aliphatic rings. The van der Waals surface area contributed by atoms with Crippen molar-refractivity contribution in [3.8, 4) is 0 Å². The van der Waals surface area contributed by atoms with E-state index in [1.807, 2.05) is 12.1 Å². The van der Waals surface area contributed by atoms with Crippen LogP contribution in [-0.2, 0) is 0 Å². The predicted molar refractivity (Wildman–Crippen MR) is 86.7 cm³/mol. The number of benzene rings is 1. The molecule has 2 atom stereocenters. The SMILES string of the molecule is NCC(c1ccc(F)c(Br)c1)N1CCN2CCCCC2C1. The molecule has 1 aromatic rings. The summed E-state index contributed by atoms with van der Waals surface area (Å²) in [5.41, 5.74) is 7.13. The third kappa shape index (κ3) is 3.31. The van der Waals surface area contributed by atoms with Crippen molar-refractivity contribution in [2.45, 2.75) is 31.3 Å². The van der Waals surface area contributed by atoms with Crippen LogP contribution in [0.15, 0.2) is 22.7 Å². The van der Waals surface area contributed by atoms with E-state index in [1.165, 1.54) is 31.9 Å². The van der Waals surface area contributed by atoms with E-state index in [0.717, 1.165) is 25.2 Å². The number of nitrogens with two attached hydrogens (primary N) is 1. The average molecular weight is 356 g/mol. The Balaban J connectivity index is 1.75. The predicted octanol–water partition coefficient (Wildman–Crippen LogP) is 2.76. The maximum atomic E-state index is 13.4. The highest BCUT2D eigenvalue weighted by atomic mass is 79.9. The Hall–Kier alpha value is -0.490. The van der Waals surface area contributed by atoms with E-state index in [-0.39, 0.29) is 11.9 Å². The molecule has 3 rings (SSSR count). The summed E-state index contributed by atoms with van der Waals surface area (Å²) in [6.45, 7) is 5.08. The van der Waals surface area contributed by atoms with E-state index >= 15 is 0 Å². The average Bonchev–Trinajstić information content (AvgIpc) is 2.51. The lowest BCUT2D eigenvalue weighted by Crippen LogP contribution is -2.56. The van der Waals surface area contributed by atoms with Crippen LogP contribution in [0, 0.1) is 5.82 Å². The molecule has 2 N–H and O–H groups in total. The van der Waals surface area contributed by atoms with Gasteiger partial charge in [0.25, 0.3) is 0 Å². The summed E-state index contributed by atoms with van der Waals surface area (Å²) in [5, 5.41) is 0. The first kappa shape index (κ1) is 15.4. The number of hydrogen-bond donors (Lipinski definition) is 1. The first-order valence-corrected chi connectivity index (χ1v) is 8.61. The standard InChI is InChI=1S/C16H23BrFN3/c17-14-9-12(4-5-15(14)18)16(10-19)21-8-7-20-6-2-1-3-13(20)11-21/h4-5,9,13,16H,1-3,6-8,10-11,19H2. The first-order chi connectivity index (χ1) is 10.2. The molecular formula is C16H23BrFN3. The van der Waals surface area contributed by atoms with Gasteiger partial charge in [0.15, 0.2) is 0 Å². The van der Waals surface area contributed by atoms with Crippen molar-refractivity contribution in [1.82, 2.24) is 9.80 Å². The number of nitrogens with zero attached hydrogens (tertiary/aromatic N) is 2. The van der Waals surface area contributed by atoms with Crippen molar-refractivity contribution in [2.24, 2.45) is 5.73 Å². The second-order valence-electron chi connectivity index (χ2n) is 6.11. The molecule has 2 heterocycles. The van der Waals surface area contributed by atoms with Gasteiger partial charge in [-0.3, -0.25) is 9.80 Å². The smallest absolute Gasteiger partial charge is 0.137 e. The van der Waals surface area contributed by atoms with Crippen LogP contribution in [0.2, 0.25) is 0 Å². The summed E-state index contributed by atoms with van der Waals surface area (Å²) in [6.07, 6.45) is 3.97. The van der Waals surface area contributed by atoms with Gasteiger partial charge in [-0.1, -0.05) is 12.5 Å². The monoisotopic (exact) mass is 355 g/mol. The minimum absolute atomic E-state index is 0.186. The molecule has 0 saturated carbocycles.